The molecule has 1 aromatic rings. The van der Waals surface area contributed by atoms with Crippen molar-refractivity contribution >= 4 is 16.5 Å². The molecule has 1 unspecified atom stereocenters. The molecular formula is C11H20N4S. The minimum atomic E-state index is 0.584. The Morgan fingerprint density at radius 1 is 1.44 bits per heavy atom. The number of nitrogens with two attached hydrogens (primary N) is 1. The van der Waals surface area contributed by atoms with Crippen LogP contribution in [0.15, 0.2) is 0 Å². The Hall–Kier alpha value is -0.680. The number of anilines is 1. The van der Waals surface area contributed by atoms with Gasteiger partial charge in [-0.15, -0.1) is 10.2 Å². The fourth-order valence-corrected chi connectivity index (χ4v) is 3.02. The molecule has 1 saturated heterocycles. The zero-order chi connectivity index (χ0) is 11.4. The van der Waals surface area contributed by atoms with Gasteiger partial charge in [-0.3, -0.25) is 4.90 Å². The smallest absolute Gasteiger partial charge is 0.203 e. The highest BCUT2D eigenvalue weighted by molar-refractivity contribution is 7.15. The standard InChI is InChI=1S/C11H20N4S/c1-2-9-5-3-4-7-15(9)8-6-10-13-14-11(12)16-10/h9H,2-8H2,1H3,(H2,12,14). The largest absolute Gasteiger partial charge is 0.374 e. The van der Waals surface area contributed by atoms with Gasteiger partial charge in [-0.1, -0.05) is 24.7 Å². The maximum atomic E-state index is 5.57. The fraction of sp³-hybridized carbons (Fsp3) is 0.818. The van der Waals surface area contributed by atoms with Crippen LogP contribution in [0.2, 0.25) is 0 Å². The Kier molecular flexibility index (Phi) is 4.12. The first-order chi connectivity index (χ1) is 7.79. The molecule has 1 aliphatic heterocycles. The molecule has 0 aromatic carbocycles. The average Bonchev–Trinajstić information content (AvgIpc) is 2.73. The number of hydrogen-bond acceptors (Lipinski definition) is 5. The predicted molar refractivity (Wildman–Crippen MR) is 67.5 cm³/mol. The second-order valence-electron chi connectivity index (χ2n) is 4.38. The molecule has 1 aliphatic rings. The van der Waals surface area contributed by atoms with Gasteiger partial charge in [-0.25, -0.2) is 0 Å². The molecule has 0 spiro atoms. The van der Waals surface area contributed by atoms with Gasteiger partial charge in [0.05, 0.1) is 0 Å². The van der Waals surface area contributed by atoms with Gasteiger partial charge >= 0.3 is 0 Å². The predicted octanol–water partition coefficient (Wildman–Crippen LogP) is 1.93. The monoisotopic (exact) mass is 240 g/mol. The molecule has 1 fully saturated rings. The van der Waals surface area contributed by atoms with E-state index in [4.69, 9.17) is 5.73 Å². The summed E-state index contributed by atoms with van der Waals surface area (Å²) in [6.45, 7) is 4.63. The number of piperidine rings is 1. The summed E-state index contributed by atoms with van der Waals surface area (Å²) in [5.74, 6) is 0. The molecule has 1 atom stereocenters. The zero-order valence-electron chi connectivity index (χ0n) is 9.85. The maximum absolute atomic E-state index is 5.57. The Morgan fingerprint density at radius 3 is 3.00 bits per heavy atom. The van der Waals surface area contributed by atoms with Crippen molar-refractivity contribution in [1.82, 2.24) is 15.1 Å². The van der Waals surface area contributed by atoms with Crippen LogP contribution >= 0.6 is 11.3 Å². The van der Waals surface area contributed by atoms with E-state index in [-0.39, 0.29) is 0 Å². The van der Waals surface area contributed by atoms with Crippen molar-refractivity contribution in [3.05, 3.63) is 5.01 Å². The summed E-state index contributed by atoms with van der Waals surface area (Å²) in [6.07, 6.45) is 6.34. The Bertz CT molecular complexity index is 326. The van der Waals surface area contributed by atoms with E-state index in [2.05, 4.69) is 22.0 Å². The average molecular weight is 240 g/mol. The van der Waals surface area contributed by atoms with Crippen LogP contribution in [-0.4, -0.2) is 34.2 Å². The summed E-state index contributed by atoms with van der Waals surface area (Å²) < 4.78 is 0. The van der Waals surface area contributed by atoms with Crippen molar-refractivity contribution < 1.29 is 0 Å². The van der Waals surface area contributed by atoms with Crippen LogP contribution < -0.4 is 5.73 Å². The highest BCUT2D eigenvalue weighted by Gasteiger charge is 2.20. The number of rotatable bonds is 4. The normalized spacial score (nSPS) is 22.4. The summed E-state index contributed by atoms with van der Waals surface area (Å²) in [5.41, 5.74) is 5.57. The second kappa shape index (κ2) is 5.59. The van der Waals surface area contributed by atoms with Crippen molar-refractivity contribution in [2.45, 2.75) is 45.1 Å². The zero-order valence-corrected chi connectivity index (χ0v) is 10.7. The molecule has 2 rings (SSSR count). The van der Waals surface area contributed by atoms with Crippen LogP contribution in [0.25, 0.3) is 0 Å². The van der Waals surface area contributed by atoms with Crippen LogP contribution in [0.1, 0.15) is 37.6 Å². The maximum Gasteiger partial charge on any atom is 0.203 e. The molecule has 4 nitrogen and oxygen atoms in total. The van der Waals surface area contributed by atoms with Crippen LogP contribution in [0.3, 0.4) is 0 Å². The van der Waals surface area contributed by atoms with E-state index in [0.717, 1.165) is 24.0 Å². The summed E-state index contributed by atoms with van der Waals surface area (Å²) in [6, 6.07) is 0.777. The molecule has 90 valence electrons. The van der Waals surface area contributed by atoms with Gasteiger partial charge in [-0.2, -0.15) is 0 Å². The molecule has 1 aromatic heterocycles. The summed E-state index contributed by atoms with van der Waals surface area (Å²) in [7, 11) is 0. The number of nitrogen functional groups attached to an aromatic ring is 1. The Balaban J connectivity index is 1.84. The minimum Gasteiger partial charge on any atom is -0.374 e. The highest BCUT2D eigenvalue weighted by atomic mass is 32.1. The number of nitrogens with zero attached hydrogens (tertiary/aromatic N) is 3. The molecule has 0 amide bonds. The van der Waals surface area contributed by atoms with E-state index in [1.807, 2.05) is 0 Å². The van der Waals surface area contributed by atoms with Gasteiger partial charge < -0.3 is 5.73 Å². The van der Waals surface area contributed by atoms with E-state index in [0.29, 0.717) is 5.13 Å². The first-order valence-electron chi connectivity index (χ1n) is 6.11. The lowest BCUT2D eigenvalue weighted by molar-refractivity contribution is 0.146. The van der Waals surface area contributed by atoms with E-state index < -0.39 is 0 Å². The molecule has 0 saturated carbocycles. The molecule has 0 radical (unpaired) electrons. The van der Waals surface area contributed by atoms with Crippen LogP contribution in [0.5, 0.6) is 0 Å². The van der Waals surface area contributed by atoms with Crippen molar-refractivity contribution in [3.8, 4) is 0 Å². The fourth-order valence-electron chi connectivity index (χ4n) is 2.42. The minimum absolute atomic E-state index is 0.584. The first-order valence-corrected chi connectivity index (χ1v) is 6.93. The van der Waals surface area contributed by atoms with E-state index >= 15 is 0 Å². The lowest BCUT2D eigenvalue weighted by atomic mass is 10.00. The molecule has 16 heavy (non-hydrogen) atoms. The van der Waals surface area contributed by atoms with Crippen molar-refractivity contribution in [3.63, 3.8) is 0 Å². The number of hydrogen-bond donors (Lipinski definition) is 1. The van der Waals surface area contributed by atoms with E-state index in [1.54, 1.807) is 0 Å². The van der Waals surface area contributed by atoms with E-state index in [9.17, 15) is 0 Å². The van der Waals surface area contributed by atoms with Crippen LogP contribution in [-0.2, 0) is 6.42 Å². The molecule has 2 heterocycles. The van der Waals surface area contributed by atoms with Gasteiger partial charge in [0, 0.05) is 19.0 Å². The number of aromatic nitrogens is 2. The number of likely N-dealkylation sites (tertiary alicyclic amines) is 1. The molecule has 2 N–H and O–H groups in total. The highest BCUT2D eigenvalue weighted by Crippen LogP contribution is 2.20. The van der Waals surface area contributed by atoms with Gasteiger partial charge in [0.25, 0.3) is 0 Å². The quantitative estimate of drug-likeness (QED) is 0.873. The van der Waals surface area contributed by atoms with Crippen molar-refractivity contribution in [1.29, 1.82) is 0 Å². The lowest BCUT2D eigenvalue weighted by Crippen LogP contribution is -2.40. The molecule has 0 aliphatic carbocycles. The van der Waals surface area contributed by atoms with Crippen LogP contribution in [0, 0.1) is 0 Å². The molecule has 0 bridgehead atoms. The summed E-state index contributed by atoms with van der Waals surface area (Å²) in [4.78, 5) is 2.60. The third-order valence-electron chi connectivity index (χ3n) is 3.32. The first kappa shape index (κ1) is 11.8. The molecule has 5 heteroatoms. The van der Waals surface area contributed by atoms with Gasteiger partial charge in [0.2, 0.25) is 5.13 Å². The molecular weight excluding hydrogens is 220 g/mol. The van der Waals surface area contributed by atoms with Crippen molar-refractivity contribution in [2.75, 3.05) is 18.8 Å². The lowest BCUT2D eigenvalue weighted by Gasteiger charge is -2.34. The third-order valence-corrected chi connectivity index (χ3v) is 4.13. The van der Waals surface area contributed by atoms with E-state index in [1.165, 1.54) is 43.6 Å². The SMILES string of the molecule is CCC1CCCCN1CCc1nnc(N)s1. The Labute approximate surface area is 101 Å². The Morgan fingerprint density at radius 2 is 2.31 bits per heavy atom. The topological polar surface area (TPSA) is 55.0 Å². The second-order valence-corrected chi connectivity index (χ2v) is 5.47. The van der Waals surface area contributed by atoms with Crippen molar-refractivity contribution in [2.24, 2.45) is 0 Å². The van der Waals surface area contributed by atoms with Crippen LogP contribution in [0.4, 0.5) is 5.13 Å². The summed E-state index contributed by atoms with van der Waals surface area (Å²) in [5, 5.41) is 9.57. The summed E-state index contributed by atoms with van der Waals surface area (Å²) >= 11 is 1.51. The van der Waals surface area contributed by atoms with Gasteiger partial charge in [0.1, 0.15) is 5.01 Å². The van der Waals surface area contributed by atoms with Gasteiger partial charge in [-0.05, 0) is 25.8 Å². The van der Waals surface area contributed by atoms with Gasteiger partial charge in [0.15, 0.2) is 0 Å². The third kappa shape index (κ3) is 2.92.